The number of carbonyl (C=O) groups is 1. The van der Waals surface area contributed by atoms with Crippen molar-refractivity contribution >= 4 is 15.9 Å². The first kappa shape index (κ1) is 19.6. The van der Waals surface area contributed by atoms with E-state index in [0.29, 0.717) is 17.7 Å². The van der Waals surface area contributed by atoms with Gasteiger partial charge in [0.05, 0.1) is 0 Å². The van der Waals surface area contributed by atoms with E-state index in [0.717, 1.165) is 30.7 Å². The highest BCUT2D eigenvalue weighted by Crippen LogP contribution is 2.22. The number of amides is 1. The van der Waals surface area contributed by atoms with Crippen LogP contribution in [0.3, 0.4) is 0 Å². The summed E-state index contributed by atoms with van der Waals surface area (Å²) in [6, 6.07) is 4.00. The molecule has 1 aromatic rings. The molecule has 1 aliphatic heterocycles. The minimum Gasteiger partial charge on any atom is -0.299 e. The minimum absolute atomic E-state index is 0.0165. The Labute approximate surface area is 143 Å². The average Bonchev–Trinajstić information content (AvgIpc) is 2.97. The van der Waals surface area contributed by atoms with Crippen molar-refractivity contribution in [3.05, 3.63) is 35.1 Å². The van der Waals surface area contributed by atoms with Gasteiger partial charge in [-0.05, 0) is 55.6 Å². The van der Waals surface area contributed by atoms with Crippen LogP contribution >= 0.6 is 0 Å². The Hall–Kier alpha value is -1.68. The molecule has 1 aromatic carbocycles. The number of alkyl halides is 3. The Morgan fingerprint density at radius 3 is 2.40 bits per heavy atom. The second-order valence-electron chi connectivity index (χ2n) is 5.87. The summed E-state index contributed by atoms with van der Waals surface area (Å²) in [5.41, 5.74) is -4.29. The monoisotopic (exact) mass is 382 g/mol. The third-order valence-corrected chi connectivity index (χ3v) is 5.04. The molecule has 1 fully saturated rings. The van der Waals surface area contributed by atoms with Crippen molar-refractivity contribution in [2.24, 2.45) is 0 Å². The average molecular weight is 382 g/mol. The second kappa shape index (κ2) is 7.69. The van der Waals surface area contributed by atoms with E-state index in [-0.39, 0.29) is 6.42 Å². The maximum atomic E-state index is 13.5. The van der Waals surface area contributed by atoms with Crippen molar-refractivity contribution in [1.82, 2.24) is 9.62 Å². The molecule has 1 N–H and O–H groups in total. The van der Waals surface area contributed by atoms with Crippen LogP contribution in [-0.2, 0) is 27.8 Å². The Kier molecular flexibility index (Phi) is 6.04. The number of nitrogens with one attached hydrogen (secondary N) is 1. The number of likely N-dealkylation sites (tertiary alicyclic amines) is 1. The van der Waals surface area contributed by atoms with Gasteiger partial charge in [0.1, 0.15) is 5.82 Å². The van der Waals surface area contributed by atoms with E-state index in [1.54, 1.807) is 0 Å². The van der Waals surface area contributed by atoms with Crippen LogP contribution < -0.4 is 4.72 Å². The molecule has 25 heavy (non-hydrogen) atoms. The zero-order chi connectivity index (χ0) is 18.7. The quantitative estimate of drug-likeness (QED) is 0.767. The maximum Gasteiger partial charge on any atom is 0.516 e. The number of halogens is 4. The van der Waals surface area contributed by atoms with Crippen molar-refractivity contribution < 1.29 is 30.8 Å². The summed E-state index contributed by atoms with van der Waals surface area (Å²) < 4.78 is 73.0. The molecule has 1 saturated heterocycles. The van der Waals surface area contributed by atoms with E-state index in [1.165, 1.54) is 18.2 Å². The fraction of sp³-hybridized carbons (Fsp3) is 0.533. The molecule has 0 atom stereocenters. The molecule has 0 saturated carbocycles. The Morgan fingerprint density at radius 1 is 1.16 bits per heavy atom. The van der Waals surface area contributed by atoms with Crippen molar-refractivity contribution in [2.75, 3.05) is 13.1 Å². The van der Waals surface area contributed by atoms with E-state index in [1.807, 2.05) is 0 Å². The molecule has 0 bridgehead atoms. The van der Waals surface area contributed by atoms with Crippen LogP contribution in [-0.4, -0.2) is 37.8 Å². The minimum atomic E-state index is -5.70. The van der Waals surface area contributed by atoms with Crippen LogP contribution in [0.4, 0.5) is 17.6 Å². The van der Waals surface area contributed by atoms with Crippen molar-refractivity contribution in [1.29, 1.82) is 0 Å². The van der Waals surface area contributed by atoms with Gasteiger partial charge in [-0.25, -0.2) is 9.11 Å². The maximum absolute atomic E-state index is 13.5. The predicted octanol–water partition coefficient (Wildman–Crippen LogP) is 2.32. The highest BCUT2D eigenvalue weighted by Gasteiger charge is 2.46. The molecular formula is C15H18F4N2O3S. The van der Waals surface area contributed by atoms with Crippen LogP contribution in [0.15, 0.2) is 18.2 Å². The van der Waals surface area contributed by atoms with Gasteiger partial charge in [0.25, 0.3) is 0 Å². The van der Waals surface area contributed by atoms with Gasteiger partial charge in [-0.3, -0.25) is 9.69 Å². The lowest BCUT2D eigenvalue weighted by molar-refractivity contribution is -0.120. The highest BCUT2D eigenvalue weighted by molar-refractivity contribution is 7.90. The van der Waals surface area contributed by atoms with Crippen LogP contribution in [0.2, 0.25) is 0 Å². The smallest absolute Gasteiger partial charge is 0.299 e. The summed E-state index contributed by atoms with van der Waals surface area (Å²) in [6.07, 6.45) is 1.65. The topological polar surface area (TPSA) is 66.5 Å². The SMILES string of the molecule is O=C(CCc1ccc(F)cc1CN1CCCC1)NS(=O)(=O)C(F)(F)F. The van der Waals surface area contributed by atoms with Gasteiger partial charge >= 0.3 is 15.5 Å². The van der Waals surface area contributed by atoms with Gasteiger partial charge in [0, 0.05) is 13.0 Å². The van der Waals surface area contributed by atoms with E-state index in [9.17, 15) is 30.8 Å². The van der Waals surface area contributed by atoms with Crippen LogP contribution in [0.25, 0.3) is 0 Å². The normalized spacial score (nSPS) is 16.2. The first-order valence-corrected chi connectivity index (χ1v) is 9.18. The molecule has 0 unspecified atom stereocenters. The molecule has 1 amide bonds. The van der Waals surface area contributed by atoms with E-state index in [2.05, 4.69) is 4.90 Å². The number of aryl methyl sites for hydroxylation is 1. The zero-order valence-corrected chi connectivity index (χ0v) is 14.1. The van der Waals surface area contributed by atoms with Gasteiger partial charge in [0.2, 0.25) is 5.91 Å². The molecule has 0 aromatic heterocycles. The van der Waals surface area contributed by atoms with E-state index >= 15 is 0 Å². The molecule has 1 aliphatic rings. The largest absolute Gasteiger partial charge is 0.516 e. The number of carbonyl (C=O) groups excluding carboxylic acids is 1. The lowest BCUT2D eigenvalue weighted by Crippen LogP contribution is -2.40. The molecular weight excluding hydrogens is 364 g/mol. The van der Waals surface area contributed by atoms with Crippen molar-refractivity contribution in [3.63, 3.8) is 0 Å². The number of rotatable bonds is 6. The van der Waals surface area contributed by atoms with Crippen molar-refractivity contribution in [2.45, 2.75) is 37.7 Å². The first-order chi connectivity index (χ1) is 11.6. The third-order valence-electron chi connectivity index (χ3n) is 3.94. The molecule has 5 nitrogen and oxygen atoms in total. The number of hydrogen-bond acceptors (Lipinski definition) is 4. The van der Waals surface area contributed by atoms with E-state index in [4.69, 9.17) is 0 Å². The Balaban J connectivity index is 2.01. The van der Waals surface area contributed by atoms with Crippen LogP contribution in [0.5, 0.6) is 0 Å². The van der Waals surface area contributed by atoms with Crippen LogP contribution in [0, 0.1) is 5.82 Å². The number of sulfonamides is 1. The number of nitrogens with zero attached hydrogens (tertiary/aromatic N) is 1. The molecule has 10 heteroatoms. The molecule has 0 spiro atoms. The van der Waals surface area contributed by atoms with Gasteiger partial charge < -0.3 is 0 Å². The second-order valence-corrected chi connectivity index (χ2v) is 7.54. The summed E-state index contributed by atoms with van der Waals surface area (Å²) in [5.74, 6) is -1.70. The summed E-state index contributed by atoms with van der Waals surface area (Å²) in [7, 11) is -5.70. The van der Waals surface area contributed by atoms with Crippen LogP contribution in [0.1, 0.15) is 30.4 Å². The van der Waals surface area contributed by atoms with E-state index < -0.39 is 33.7 Å². The summed E-state index contributed by atoms with van der Waals surface area (Å²) in [4.78, 5) is 13.6. The molecule has 2 rings (SSSR count). The van der Waals surface area contributed by atoms with Gasteiger partial charge in [-0.2, -0.15) is 21.6 Å². The summed E-state index contributed by atoms with van der Waals surface area (Å²) >= 11 is 0. The fourth-order valence-electron chi connectivity index (χ4n) is 2.67. The summed E-state index contributed by atoms with van der Waals surface area (Å²) in [6.45, 7) is 2.23. The lowest BCUT2D eigenvalue weighted by Gasteiger charge is -2.17. The Bertz CT molecular complexity index is 729. The number of hydrogen-bond donors (Lipinski definition) is 1. The molecule has 140 valence electrons. The fourth-order valence-corrected chi connectivity index (χ4v) is 3.19. The highest BCUT2D eigenvalue weighted by atomic mass is 32.2. The van der Waals surface area contributed by atoms with Gasteiger partial charge in [-0.1, -0.05) is 6.07 Å². The number of benzene rings is 1. The summed E-state index contributed by atoms with van der Waals surface area (Å²) in [5, 5.41) is 0. The third kappa shape index (κ3) is 5.40. The molecule has 1 heterocycles. The van der Waals surface area contributed by atoms with Gasteiger partial charge in [-0.15, -0.1) is 0 Å². The van der Waals surface area contributed by atoms with Crippen molar-refractivity contribution in [3.8, 4) is 0 Å². The molecule has 0 radical (unpaired) electrons. The zero-order valence-electron chi connectivity index (χ0n) is 13.3. The Morgan fingerprint density at radius 2 is 1.80 bits per heavy atom. The predicted molar refractivity (Wildman–Crippen MR) is 82.3 cm³/mol. The lowest BCUT2D eigenvalue weighted by atomic mass is 10.0. The standard InChI is InChI=1S/C15H18F4N2O3S/c16-13-5-3-11(12(9-13)10-21-7-1-2-8-21)4-6-14(22)20-25(23,24)15(17,18)19/h3,5,9H,1-2,4,6-8,10H2,(H,20,22). The van der Waals surface area contributed by atoms with Gasteiger partial charge in [0.15, 0.2) is 0 Å². The molecule has 0 aliphatic carbocycles. The first-order valence-electron chi connectivity index (χ1n) is 7.70.